The summed E-state index contributed by atoms with van der Waals surface area (Å²) >= 11 is 0. The van der Waals surface area contributed by atoms with Gasteiger partial charge < -0.3 is 9.84 Å². The Bertz CT molecular complexity index is 453. The maximum atomic E-state index is 9.44. The fraction of sp³-hybridized carbons (Fsp3) is 0.562. The molecule has 108 valence electrons. The highest BCUT2D eigenvalue weighted by Crippen LogP contribution is 2.22. The molecule has 1 aromatic carbocycles. The van der Waals surface area contributed by atoms with Crippen LogP contribution in [0.5, 0.6) is 5.75 Å². The Balaban J connectivity index is 1.83. The molecular formula is C16H22N2O2. The molecule has 1 N–H and O–H groups in total. The average Bonchev–Trinajstić information content (AvgIpc) is 2.49. The fourth-order valence-electron chi connectivity index (χ4n) is 2.83. The summed E-state index contributed by atoms with van der Waals surface area (Å²) in [5.41, 5.74) is 0.641. The highest BCUT2D eigenvalue weighted by atomic mass is 16.5. The average molecular weight is 274 g/mol. The van der Waals surface area contributed by atoms with Gasteiger partial charge in [-0.25, -0.2) is 0 Å². The van der Waals surface area contributed by atoms with Crippen molar-refractivity contribution < 1.29 is 9.84 Å². The van der Waals surface area contributed by atoms with E-state index < -0.39 is 0 Å². The number of hydrogen-bond donors (Lipinski definition) is 1. The van der Waals surface area contributed by atoms with Gasteiger partial charge in [0.25, 0.3) is 0 Å². The Kier molecular flexibility index (Phi) is 5.40. The van der Waals surface area contributed by atoms with E-state index in [1.54, 1.807) is 12.1 Å². The number of hydrogen-bond acceptors (Lipinski definition) is 4. The smallest absolute Gasteiger partial charge is 0.119 e. The molecule has 1 saturated heterocycles. The van der Waals surface area contributed by atoms with Gasteiger partial charge >= 0.3 is 0 Å². The lowest BCUT2D eigenvalue weighted by molar-refractivity contribution is 0.0411. The summed E-state index contributed by atoms with van der Waals surface area (Å²) in [6, 6.07) is 10.0. The number of aliphatic hydroxyl groups excluding tert-OH is 1. The zero-order valence-corrected chi connectivity index (χ0v) is 12.0. The van der Waals surface area contributed by atoms with Gasteiger partial charge in [-0.2, -0.15) is 5.26 Å². The second-order valence-electron chi connectivity index (χ2n) is 5.34. The maximum Gasteiger partial charge on any atom is 0.119 e. The first kappa shape index (κ1) is 14.8. The van der Waals surface area contributed by atoms with Gasteiger partial charge in [-0.1, -0.05) is 6.42 Å². The molecule has 0 bridgehead atoms. The van der Waals surface area contributed by atoms with Crippen LogP contribution in [0.1, 0.15) is 31.7 Å². The van der Waals surface area contributed by atoms with Crippen LogP contribution in [0.15, 0.2) is 24.3 Å². The van der Waals surface area contributed by atoms with Crippen LogP contribution in [0.3, 0.4) is 0 Å². The molecule has 2 rings (SSSR count). The normalized spacial score (nSPS) is 23.2. The molecule has 1 heterocycles. The van der Waals surface area contributed by atoms with E-state index in [0.29, 0.717) is 18.2 Å². The Hall–Kier alpha value is -1.57. The van der Waals surface area contributed by atoms with Gasteiger partial charge in [-0.05, 0) is 44.0 Å². The Morgan fingerprint density at radius 2 is 2.10 bits per heavy atom. The molecule has 0 aliphatic carbocycles. The third kappa shape index (κ3) is 3.72. The van der Waals surface area contributed by atoms with Gasteiger partial charge in [0.2, 0.25) is 0 Å². The number of rotatable bonds is 5. The van der Waals surface area contributed by atoms with Crippen LogP contribution in [0.25, 0.3) is 0 Å². The fourth-order valence-corrected chi connectivity index (χ4v) is 2.83. The largest absolute Gasteiger partial charge is 0.492 e. The summed E-state index contributed by atoms with van der Waals surface area (Å²) in [5, 5.41) is 18.2. The van der Waals surface area contributed by atoms with Crippen molar-refractivity contribution in [3.05, 3.63) is 29.8 Å². The quantitative estimate of drug-likeness (QED) is 0.894. The Morgan fingerprint density at radius 3 is 2.75 bits per heavy atom. The van der Waals surface area contributed by atoms with Crippen molar-refractivity contribution in [3.8, 4) is 11.8 Å². The summed E-state index contributed by atoms with van der Waals surface area (Å²) in [7, 11) is 0. The number of piperidine rings is 1. The number of likely N-dealkylation sites (tertiary alicyclic amines) is 1. The van der Waals surface area contributed by atoms with Crippen molar-refractivity contribution in [2.75, 3.05) is 19.8 Å². The molecule has 1 aliphatic rings. The molecule has 1 fully saturated rings. The molecule has 4 heteroatoms. The molecule has 0 radical (unpaired) electrons. The van der Waals surface area contributed by atoms with Crippen LogP contribution in [-0.2, 0) is 0 Å². The molecule has 2 unspecified atom stereocenters. The van der Waals surface area contributed by atoms with Gasteiger partial charge in [0.15, 0.2) is 0 Å². The monoisotopic (exact) mass is 274 g/mol. The number of nitriles is 1. The van der Waals surface area contributed by atoms with E-state index in [0.717, 1.165) is 18.7 Å². The molecule has 0 spiro atoms. The molecule has 1 aliphatic heterocycles. The van der Waals surface area contributed by atoms with E-state index in [4.69, 9.17) is 10.00 Å². The number of aliphatic hydroxyl groups is 1. The highest BCUT2D eigenvalue weighted by Gasteiger charge is 2.26. The molecule has 4 nitrogen and oxygen atoms in total. The lowest BCUT2D eigenvalue weighted by Crippen LogP contribution is -2.48. The lowest BCUT2D eigenvalue weighted by atomic mass is 9.97. The minimum atomic E-state index is 0.223. The summed E-state index contributed by atoms with van der Waals surface area (Å²) < 4.78 is 5.72. The van der Waals surface area contributed by atoms with E-state index >= 15 is 0 Å². The highest BCUT2D eigenvalue weighted by molar-refractivity contribution is 5.34. The SMILES string of the molecule is CC1CCCC(CO)N1CCOc1ccc(C#N)cc1. The van der Waals surface area contributed by atoms with Crippen LogP contribution < -0.4 is 4.74 Å². The number of benzene rings is 1. The minimum Gasteiger partial charge on any atom is -0.492 e. The van der Waals surface area contributed by atoms with Gasteiger partial charge in [0.05, 0.1) is 18.2 Å². The first-order valence-electron chi connectivity index (χ1n) is 7.24. The Morgan fingerprint density at radius 1 is 1.35 bits per heavy atom. The van der Waals surface area contributed by atoms with Gasteiger partial charge in [-0.3, -0.25) is 4.90 Å². The summed E-state index contributed by atoms with van der Waals surface area (Å²) in [6.45, 7) is 3.86. The zero-order chi connectivity index (χ0) is 14.4. The first-order chi connectivity index (χ1) is 9.74. The zero-order valence-electron chi connectivity index (χ0n) is 12.0. The van der Waals surface area contributed by atoms with Crippen LogP contribution in [0.4, 0.5) is 0 Å². The first-order valence-corrected chi connectivity index (χ1v) is 7.24. The van der Waals surface area contributed by atoms with E-state index in [1.165, 1.54) is 12.8 Å². The van der Waals surface area contributed by atoms with Crippen LogP contribution in [0, 0.1) is 11.3 Å². The predicted molar refractivity (Wildman–Crippen MR) is 77.5 cm³/mol. The van der Waals surface area contributed by atoms with E-state index in [2.05, 4.69) is 17.9 Å². The molecule has 0 amide bonds. The van der Waals surface area contributed by atoms with E-state index in [-0.39, 0.29) is 12.6 Å². The molecule has 20 heavy (non-hydrogen) atoms. The van der Waals surface area contributed by atoms with Gasteiger partial charge in [-0.15, -0.1) is 0 Å². The van der Waals surface area contributed by atoms with Gasteiger partial charge in [0, 0.05) is 18.6 Å². The second-order valence-corrected chi connectivity index (χ2v) is 5.34. The topological polar surface area (TPSA) is 56.5 Å². The standard InChI is InChI=1S/C16H22N2O2/c1-13-3-2-4-15(12-19)18(13)9-10-20-16-7-5-14(11-17)6-8-16/h5-8,13,15,19H,2-4,9-10,12H2,1H3. The number of ether oxygens (including phenoxy) is 1. The van der Waals surface area contributed by atoms with Crippen LogP contribution in [-0.4, -0.2) is 41.8 Å². The molecule has 1 aromatic rings. The van der Waals surface area contributed by atoms with Gasteiger partial charge in [0.1, 0.15) is 12.4 Å². The predicted octanol–water partition coefficient (Wildman–Crippen LogP) is 2.17. The minimum absolute atomic E-state index is 0.223. The third-order valence-electron chi connectivity index (χ3n) is 4.01. The van der Waals surface area contributed by atoms with Crippen LogP contribution in [0.2, 0.25) is 0 Å². The molecule has 0 saturated carbocycles. The van der Waals surface area contributed by atoms with Crippen molar-refractivity contribution >= 4 is 0 Å². The van der Waals surface area contributed by atoms with Crippen molar-refractivity contribution in [1.29, 1.82) is 5.26 Å². The van der Waals surface area contributed by atoms with E-state index in [9.17, 15) is 5.11 Å². The maximum absolute atomic E-state index is 9.44. The molecular weight excluding hydrogens is 252 g/mol. The summed E-state index contributed by atoms with van der Waals surface area (Å²) in [5.74, 6) is 0.786. The number of nitrogens with zero attached hydrogens (tertiary/aromatic N) is 2. The van der Waals surface area contributed by atoms with Crippen molar-refractivity contribution in [2.24, 2.45) is 0 Å². The third-order valence-corrected chi connectivity index (χ3v) is 4.01. The van der Waals surface area contributed by atoms with Crippen molar-refractivity contribution in [2.45, 2.75) is 38.3 Å². The summed E-state index contributed by atoms with van der Waals surface area (Å²) in [6.07, 6.45) is 3.45. The van der Waals surface area contributed by atoms with Crippen LogP contribution >= 0.6 is 0 Å². The van der Waals surface area contributed by atoms with Crippen molar-refractivity contribution in [1.82, 2.24) is 4.90 Å². The molecule has 2 atom stereocenters. The lowest BCUT2D eigenvalue weighted by Gasteiger charge is -2.39. The summed E-state index contributed by atoms with van der Waals surface area (Å²) in [4.78, 5) is 2.34. The van der Waals surface area contributed by atoms with E-state index in [1.807, 2.05) is 12.1 Å². The van der Waals surface area contributed by atoms with Crippen molar-refractivity contribution in [3.63, 3.8) is 0 Å². The Labute approximate surface area is 120 Å². The second kappa shape index (κ2) is 7.28. The molecule has 0 aromatic heterocycles.